The number of allylic oxidation sites excluding steroid dienone is 1. The molecule has 0 heterocycles. The van der Waals surface area contributed by atoms with Gasteiger partial charge in [0.25, 0.3) is 10.0 Å². The summed E-state index contributed by atoms with van der Waals surface area (Å²) >= 11 is 0. The van der Waals surface area contributed by atoms with Crippen molar-refractivity contribution in [3.63, 3.8) is 0 Å². The van der Waals surface area contributed by atoms with Crippen molar-refractivity contribution in [1.82, 2.24) is 4.31 Å². The standard InChI is InChI=1S/C24H37NO6S/c1-9-10-11-12-13-19-14-16-20(17-15-19)32(28,29)25(22(27)31-24(6,7)8)18(2)21(26)30-23(3,4)5/h12-18H,9-11H2,1-8H3/t18-/m1/s1. The van der Waals surface area contributed by atoms with Crippen LogP contribution in [-0.4, -0.2) is 42.0 Å². The summed E-state index contributed by atoms with van der Waals surface area (Å²) in [5, 5.41) is 0. The molecule has 0 aliphatic rings. The van der Waals surface area contributed by atoms with Gasteiger partial charge in [-0.3, -0.25) is 0 Å². The first-order valence-corrected chi connectivity index (χ1v) is 12.3. The molecule has 180 valence electrons. The van der Waals surface area contributed by atoms with Crippen LogP contribution in [0.3, 0.4) is 0 Å². The average Bonchev–Trinajstić information content (AvgIpc) is 2.62. The minimum absolute atomic E-state index is 0.121. The molecule has 1 aromatic carbocycles. The van der Waals surface area contributed by atoms with E-state index in [-0.39, 0.29) is 4.90 Å². The molecule has 0 N–H and O–H groups in total. The lowest BCUT2D eigenvalue weighted by Gasteiger charge is -2.31. The molecule has 1 rings (SSSR count). The smallest absolute Gasteiger partial charge is 0.425 e. The predicted molar refractivity (Wildman–Crippen MR) is 126 cm³/mol. The van der Waals surface area contributed by atoms with E-state index in [2.05, 4.69) is 6.92 Å². The van der Waals surface area contributed by atoms with Crippen LogP contribution in [-0.2, 0) is 24.3 Å². The van der Waals surface area contributed by atoms with Crippen molar-refractivity contribution in [3.8, 4) is 0 Å². The number of nitrogens with zero attached hydrogens (tertiary/aromatic N) is 1. The highest BCUT2D eigenvalue weighted by molar-refractivity contribution is 7.89. The van der Waals surface area contributed by atoms with Crippen LogP contribution in [0.5, 0.6) is 0 Å². The van der Waals surface area contributed by atoms with Crippen molar-refractivity contribution in [2.24, 2.45) is 0 Å². The molecule has 0 fully saturated rings. The lowest BCUT2D eigenvalue weighted by molar-refractivity contribution is -0.158. The zero-order valence-corrected chi connectivity index (χ0v) is 21.3. The predicted octanol–water partition coefficient (Wildman–Crippen LogP) is 5.55. The Morgan fingerprint density at radius 1 is 1.00 bits per heavy atom. The average molecular weight is 468 g/mol. The molecule has 32 heavy (non-hydrogen) atoms. The van der Waals surface area contributed by atoms with Gasteiger partial charge in [0.1, 0.15) is 17.2 Å². The number of benzene rings is 1. The normalized spacial score (nSPS) is 13.6. The zero-order valence-electron chi connectivity index (χ0n) is 20.5. The number of esters is 1. The fourth-order valence-electron chi connectivity index (χ4n) is 2.66. The van der Waals surface area contributed by atoms with Crippen LogP contribution in [0, 0.1) is 0 Å². The van der Waals surface area contributed by atoms with Crippen molar-refractivity contribution >= 4 is 28.2 Å². The molecule has 1 aromatic rings. The van der Waals surface area contributed by atoms with Crippen LogP contribution >= 0.6 is 0 Å². The van der Waals surface area contributed by atoms with Crippen molar-refractivity contribution in [3.05, 3.63) is 35.9 Å². The molecular formula is C24H37NO6S. The first-order chi connectivity index (χ1) is 14.6. The molecule has 0 bridgehead atoms. The second-order valence-electron chi connectivity index (χ2n) is 9.60. The fourth-order valence-corrected chi connectivity index (χ4v) is 4.10. The van der Waals surface area contributed by atoms with Gasteiger partial charge in [-0.2, -0.15) is 4.31 Å². The van der Waals surface area contributed by atoms with Crippen LogP contribution in [0.2, 0.25) is 0 Å². The van der Waals surface area contributed by atoms with Crippen molar-refractivity contribution in [1.29, 1.82) is 0 Å². The van der Waals surface area contributed by atoms with Crippen LogP contribution in [0.4, 0.5) is 4.79 Å². The molecule has 0 aliphatic heterocycles. The summed E-state index contributed by atoms with van der Waals surface area (Å²) in [6.45, 7) is 13.3. The Balaban J connectivity index is 3.30. The molecule has 1 atom stereocenters. The maximum absolute atomic E-state index is 13.4. The Kier molecular flexibility index (Phi) is 9.50. The number of hydrogen-bond acceptors (Lipinski definition) is 6. The lowest BCUT2D eigenvalue weighted by atomic mass is 10.2. The summed E-state index contributed by atoms with van der Waals surface area (Å²) in [5.74, 6) is -0.845. The van der Waals surface area contributed by atoms with Gasteiger partial charge >= 0.3 is 12.1 Å². The van der Waals surface area contributed by atoms with Gasteiger partial charge in [-0.1, -0.05) is 44.1 Å². The summed E-state index contributed by atoms with van der Waals surface area (Å²) in [7, 11) is -4.38. The number of unbranched alkanes of at least 4 members (excludes halogenated alkanes) is 2. The van der Waals surface area contributed by atoms with Crippen molar-refractivity contribution < 1.29 is 27.5 Å². The van der Waals surface area contributed by atoms with Crippen LogP contribution < -0.4 is 0 Å². The van der Waals surface area contributed by atoms with Gasteiger partial charge in [-0.15, -0.1) is 0 Å². The van der Waals surface area contributed by atoms with E-state index < -0.39 is 39.3 Å². The molecule has 1 amide bonds. The third-order valence-electron chi connectivity index (χ3n) is 4.14. The highest BCUT2D eigenvalue weighted by atomic mass is 32.2. The fraction of sp³-hybridized carbons (Fsp3) is 0.583. The second-order valence-corrected chi connectivity index (χ2v) is 11.4. The van der Waals surface area contributed by atoms with E-state index in [0.29, 0.717) is 4.31 Å². The number of ether oxygens (including phenoxy) is 2. The third kappa shape index (κ3) is 8.65. The molecule has 7 nitrogen and oxygen atoms in total. The first kappa shape index (κ1) is 27.7. The lowest BCUT2D eigenvalue weighted by Crippen LogP contribution is -2.50. The summed E-state index contributed by atoms with van der Waals surface area (Å²) < 4.78 is 37.8. The van der Waals surface area contributed by atoms with Crippen LogP contribution in [0.25, 0.3) is 6.08 Å². The molecule has 0 unspecified atom stereocenters. The van der Waals surface area contributed by atoms with E-state index in [1.165, 1.54) is 19.1 Å². The monoisotopic (exact) mass is 467 g/mol. The van der Waals surface area contributed by atoms with E-state index in [1.54, 1.807) is 53.7 Å². The summed E-state index contributed by atoms with van der Waals surface area (Å²) in [6, 6.07) is 4.71. The molecule has 0 spiro atoms. The van der Waals surface area contributed by atoms with Gasteiger partial charge in [0, 0.05) is 0 Å². The van der Waals surface area contributed by atoms with Gasteiger partial charge in [0.15, 0.2) is 0 Å². The Morgan fingerprint density at radius 2 is 1.53 bits per heavy atom. The largest absolute Gasteiger partial charge is 0.458 e. The molecule has 0 radical (unpaired) electrons. The zero-order chi connectivity index (χ0) is 24.7. The topological polar surface area (TPSA) is 90.0 Å². The minimum atomic E-state index is -4.38. The maximum Gasteiger partial charge on any atom is 0.425 e. The second kappa shape index (κ2) is 11.0. The Morgan fingerprint density at radius 3 is 2.00 bits per heavy atom. The maximum atomic E-state index is 13.4. The molecule has 0 saturated carbocycles. The van der Waals surface area contributed by atoms with Crippen LogP contribution in [0.15, 0.2) is 35.2 Å². The van der Waals surface area contributed by atoms with Gasteiger partial charge in [0.05, 0.1) is 4.90 Å². The quantitative estimate of drug-likeness (QED) is 0.368. The van der Waals surface area contributed by atoms with Gasteiger partial charge < -0.3 is 9.47 Å². The van der Waals surface area contributed by atoms with E-state index in [0.717, 1.165) is 24.8 Å². The molecule has 0 aliphatic carbocycles. The Bertz CT molecular complexity index is 905. The number of hydrogen-bond donors (Lipinski definition) is 0. The summed E-state index contributed by atoms with van der Waals surface area (Å²) in [6.07, 6.45) is 5.93. The number of amides is 1. The first-order valence-electron chi connectivity index (χ1n) is 10.9. The third-order valence-corrected chi connectivity index (χ3v) is 6.00. The number of carbonyl (C=O) groups excluding carboxylic acids is 2. The summed E-state index contributed by atoms with van der Waals surface area (Å²) in [4.78, 5) is 25.4. The van der Waals surface area contributed by atoms with E-state index >= 15 is 0 Å². The van der Waals surface area contributed by atoms with E-state index in [1.807, 2.05) is 12.2 Å². The van der Waals surface area contributed by atoms with Crippen molar-refractivity contribution in [2.45, 2.75) is 96.8 Å². The Labute approximate surface area is 192 Å². The van der Waals surface area contributed by atoms with E-state index in [4.69, 9.17) is 9.47 Å². The highest BCUT2D eigenvalue weighted by Gasteiger charge is 2.41. The van der Waals surface area contributed by atoms with E-state index in [9.17, 15) is 18.0 Å². The highest BCUT2D eigenvalue weighted by Crippen LogP contribution is 2.24. The van der Waals surface area contributed by atoms with Gasteiger partial charge in [-0.25, -0.2) is 18.0 Å². The number of carbonyl (C=O) groups is 2. The molecular weight excluding hydrogens is 430 g/mol. The molecule has 8 heteroatoms. The number of sulfonamides is 1. The van der Waals surface area contributed by atoms with Crippen molar-refractivity contribution in [2.75, 3.05) is 0 Å². The number of rotatable bonds is 8. The molecule has 0 saturated heterocycles. The van der Waals surface area contributed by atoms with Crippen LogP contribution in [0.1, 0.15) is 80.2 Å². The minimum Gasteiger partial charge on any atom is -0.458 e. The van der Waals surface area contributed by atoms with Gasteiger partial charge in [0.2, 0.25) is 0 Å². The Hall–Kier alpha value is -2.35. The SMILES string of the molecule is CCCCC=Cc1ccc(S(=O)(=O)N(C(=O)OC(C)(C)C)[C@H](C)C(=O)OC(C)(C)C)cc1. The van der Waals surface area contributed by atoms with Gasteiger partial charge in [-0.05, 0) is 72.6 Å². The molecule has 0 aromatic heterocycles. The summed E-state index contributed by atoms with van der Waals surface area (Å²) in [5.41, 5.74) is -0.962.